The van der Waals surface area contributed by atoms with Crippen LogP contribution in [0.4, 0.5) is 0 Å². The van der Waals surface area contributed by atoms with Crippen molar-refractivity contribution in [3.63, 3.8) is 0 Å². The van der Waals surface area contributed by atoms with Crippen molar-refractivity contribution in [3.05, 3.63) is 11.9 Å². The van der Waals surface area contributed by atoms with Crippen LogP contribution in [0, 0.1) is 24.2 Å². The first-order valence-corrected chi connectivity index (χ1v) is 13.5. The molecule has 0 radical (unpaired) electrons. The van der Waals surface area contributed by atoms with Crippen LogP contribution in [0.25, 0.3) is 0 Å². The van der Waals surface area contributed by atoms with Crippen molar-refractivity contribution in [1.82, 2.24) is 15.0 Å². The molecule has 0 aromatic carbocycles. The Bertz CT molecular complexity index is 1000. The summed E-state index contributed by atoms with van der Waals surface area (Å²) in [7, 11) is 0. The fourth-order valence-electron chi connectivity index (χ4n) is 4.79. The van der Waals surface area contributed by atoms with Crippen LogP contribution in [0.2, 0.25) is 0 Å². The van der Waals surface area contributed by atoms with Gasteiger partial charge >= 0.3 is 11.9 Å². The average Bonchev–Trinajstić information content (AvgIpc) is 3.41. The van der Waals surface area contributed by atoms with Crippen molar-refractivity contribution in [2.75, 3.05) is 12.5 Å². The quantitative estimate of drug-likeness (QED) is 0.168. The highest BCUT2D eigenvalue weighted by atomic mass is 35.5. The van der Waals surface area contributed by atoms with Gasteiger partial charge in [0.2, 0.25) is 0 Å². The van der Waals surface area contributed by atoms with Gasteiger partial charge in [0.25, 0.3) is 0 Å². The van der Waals surface area contributed by atoms with Gasteiger partial charge in [0.15, 0.2) is 18.2 Å². The van der Waals surface area contributed by atoms with Crippen LogP contribution in [0.5, 0.6) is 0 Å². The molecule has 13 heteroatoms. The Kier molecular flexibility index (Phi) is 10.8. The summed E-state index contributed by atoms with van der Waals surface area (Å²) in [6.07, 6.45) is 3.92. The van der Waals surface area contributed by atoms with E-state index in [9.17, 15) is 9.59 Å². The molecule has 0 N–H and O–H groups in total. The van der Waals surface area contributed by atoms with Crippen LogP contribution in [-0.4, -0.2) is 81.3 Å². The predicted octanol–water partition coefficient (Wildman–Crippen LogP) is 2.66. The molecule has 2 aliphatic heterocycles. The summed E-state index contributed by atoms with van der Waals surface area (Å²) in [6.45, 7) is 8.79. The normalized spacial score (nSPS) is 35.0. The number of hydrogen-bond donors (Lipinski definition) is 0. The van der Waals surface area contributed by atoms with Crippen LogP contribution in [-0.2, 0) is 51.2 Å². The summed E-state index contributed by atoms with van der Waals surface area (Å²) in [5.41, 5.74) is 0.574. The molecule has 212 valence electrons. The lowest BCUT2D eigenvalue weighted by Gasteiger charge is -2.45. The molecule has 2 saturated heterocycles. The maximum atomic E-state index is 12.0. The summed E-state index contributed by atoms with van der Waals surface area (Å²) in [5.74, 6) is -0.958. The standard InChI is InChI=1S/C25H35Cl2N3O8/c1-7-9-33-12-18-10-30(29-28-18)11-20-23(35-17(6)32)15(4)25(13-26,37-20)38-24-22(34-16(5)31)14(3)21(27)19(8-2)36-24/h1,10,14-15,19-24H,8-9,11-13H2,2-6H3/t14-,15-,19+,20+,21+,22+,23-,24+,25-/m0/s1. The van der Waals surface area contributed by atoms with Gasteiger partial charge in [-0.1, -0.05) is 31.9 Å². The van der Waals surface area contributed by atoms with Crippen LogP contribution < -0.4 is 0 Å². The summed E-state index contributed by atoms with van der Waals surface area (Å²) in [5, 5.41) is 7.79. The minimum atomic E-state index is -1.44. The van der Waals surface area contributed by atoms with Gasteiger partial charge in [-0.3, -0.25) is 9.59 Å². The third-order valence-corrected chi connectivity index (χ3v) is 7.80. The summed E-state index contributed by atoms with van der Waals surface area (Å²) >= 11 is 13.1. The fourth-order valence-corrected chi connectivity index (χ4v) is 5.54. The van der Waals surface area contributed by atoms with Gasteiger partial charge in [-0.2, -0.15) is 0 Å². The summed E-state index contributed by atoms with van der Waals surface area (Å²) < 4.78 is 37.1. The van der Waals surface area contributed by atoms with Crippen LogP contribution in [0.3, 0.4) is 0 Å². The van der Waals surface area contributed by atoms with Gasteiger partial charge < -0.3 is 28.4 Å². The first kappa shape index (κ1) is 30.6. The maximum absolute atomic E-state index is 12.0. The molecule has 3 heterocycles. The van der Waals surface area contributed by atoms with Crippen LogP contribution in [0.1, 0.15) is 46.7 Å². The number of hydrogen-bond acceptors (Lipinski definition) is 10. The fraction of sp³-hybridized carbons (Fsp3) is 0.760. The van der Waals surface area contributed by atoms with Gasteiger partial charge in [0, 0.05) is 19.8 Å². The number of carbonyl (C=O) groups is 2. The van der Waals surface area contributed by atoms with Gasteiger partial charge in [-0.25, -0.2) is 4.68 Å². The number of alkyl halides is 2. The minimum absolute atomic E-state index is 0.118. The number of carbonyl (C=O) groups excluding carboxylic acids is 2. The lowest BCUT2D eigenvalue weighted by molar-refractivity contribution is -0.348. The lowest BCUT2D eigenvalue weighted by Crippen LogP contribution is -2.57. The molecular formula is C25H35Cl2N3O8. The Morgan fingerprint density at radius 2 is 1.89 bits per heavy atom. The molecule has 2 fully saturated rings. The molecule has 11 nitrogen and oxygen atoms in total. The highest BCUT2D eigenvalue weighted by Crippen LogP contribution is 2.44. The molecule has 9 atom stereocenters. The zero-order valence-corrected chi connectivity index (χ0v) is 23.7. The Morgan fingerprint density at radius 1 is 1.21 bits per heavy atom. The van der Waals surface area contributed by atoms with Gasteiger partial charge in [-0.05, 0) is 6.42 Å². The molecule has 0 saturated carbocycles. The van der Waals surface area contributed by atoms with Crippen molar-refractivity contribution in [3.8, 4) is 12.3 Å². The van der Waals surface area contributed by atoms with Crippen LogP contribution >= 0.6 is 23.2 Å². The number of aromatic nitrogens is 3. The van der Waals surface area contributed by atoms with E-state index in [1.54, 1.807) is 10.9 Å². The predicted molar refractivity (Wildman–Crippen MR) is 136 cm³/mol. The molecular weight excluding hydrogens is 541 g/mol. The van der Waals surface area contributed by atoms with Crippen LogP contribution in [0.15, 0.2) is 6.20 Å². The number of halogens is 2. The second-order valence-corrected chi connectivity index (χ2v) is 10.3. The highest BCUT2D eigenvalue weighted by molar-refractivity contribution is 6.21. The van der Waals surface area contributed by atoms with Crippen molar-refractivity contribution in [1.29, 1.82) is 0 Å². The van der Waals surface area contributed by atoms with Crippen molar-refractivity contribution in [2.45, 2.75) is 96.1 Å². The Labute approximate surface area is 232 Å². The van der Waals surface area contributed by atoms with Gasteiger partial charge in [-0.15, -0.1) is 34.7 Å². The first-order valence-electron chi connectivity index (χ1n) is 12.5. The SMILES string of the molecule is C#CCOCc1cn(C[C@H]2O[C@@](CCl)(O[C@H]3O[C@H](CC)[C@H](Cl)[C@H](C)[C@H]3OC(C)=O)[C@@H](C)[C@@H]2OC(C)=O)nn1. The Hall–Kier alpha value is -1.94. The largest absolute Gasteiger partial charge is 0.459 e. The highest BCUT2D eigenvalue weighted by Gasteiger charge is 2.58. The number of rotatable bonds is 11. The topological polar surface area (TPSA) is 120 Å². The van der Waals surface area contributed by atoms with E-state index in [-0.39, 0.29) is 37.7 Å². The van der Waals surface area contributed by atoms with Crippen molar-refractivity contribution >= 4 is 35.1 Å². The molecule has 0 amide bonds. The monoisotopic (exact) mass is 575 g/mol. The average molecular weight is 576 g/mol. The maximum Gasteiger partial charge on any atom is 0.303 e. The summed E-state index contributed by atoms with van der Waals surface area (Å²) in [4.78, 5) is 23.9. The number of ether oxygens (including phenoxy) is 6. The van der Waals surface area contributed by atoms with E-state index in [4.69, 9.17) is 58.0 Å². The molecule has 1 aromatic rings. The van der Waals surface area contributed by atoms with Crippen molar-refractivity contribution < 1.29 is 38.0 Å². The minimum Gasteiger partial charge on any atom is -0.459 e. The van der Waals surface area contributed by atoms with E-state index in [2.05, 4.69) is 16.2 Å². The Balaban J connectivity index is 1.85. The van der Waals surface area contributed by atoms with E-state index < -0.39 is 53.6 Å². The van der Waals surface area contributed by atoms with E-state index in [0.29, 0.717) is 12.1 Å². The number of nitrogens with zero attached hydrogens (tertiary/aromatic N) is 3. The zero-order chi connectivity index (χ0) is 28.0. The van der Waals surface area contributed by atoms with Crippen molar-refractivity contribution in [2.24, 2.45) is 11.8 Å². The molecule has 1 aromatic heterocycles. The molecule has 0 bridgehead atoms. The lowest BCUT2D eigenvalue weighted by atomic mass is 9.91. The molecule has 3 rings (SSSR count). The molecule has 2 aliphatic rings. The third kappa shape index (κ3) is 6.97. The third-order valence-electron chi connectivity index (χ3n) is 6.75. The smallest absolute Gasteiger partial charge is 0.303 e. The van der Waals surface area contributed by atoms with Gasteiger partial charge in [0.05, 0.1) is 42.6 Å². The first-order chi connectivity index (χ1) is 18.0. The van der Waals surface area contributed by atoms with Gasteiger partial charge in [0.1, 0.15) is 24.5 Å². The van der Waals surface area contributed by atoms with E-state index in [0.717, 1.165) is 0 Å². The molecule has 38 heavy (non-hydrogen) atoms. The molecule has 0 unspecified atom stereocenters. The van der Waals surface area contributed by atoms with E-state index in [1.807, 2.05) is 20.8 Å². The Morgan fingerprint density at radius 3 is 2.50 bits per heavy atom. The van der Waals surface area contributed by atoms with E-state index >= 15 is 0 Å². The molecule has 0 aliphatic carbocycles. The number of terminal acetylenes is 1. The second kappa shape index (κ2) is 13.4. The number of esters is 2. The molecule has 0 spiro atoms. The second-order valence-electron chi connectivity index (χ2n) is 9.54. The summed E-state index contributed by atoms with van der Waals surface area (Å²) in [6, 6.07) is 0. The van der Waals surface area contributed by atoms with E-state index in [1.165, 1.54) is 13.8 Å². The zero-order valence-electron chi connectivity index (χ0n) is 22.2.